The van der Waals surface area contributed by atoms with Gasteiger partial charge < -0.3 is 4.43 Å². The third-order valence-corrected chi connectivity index (χ3v) is 8.12. The molecule has 0 N–H and O–H groups in total. The summed E-state index contributed by atoms with van der Waals surface area (Å²) in [4.78, 5) is 0. The molecule has 0 saturated heterocycles. The van der Waals surface area contributed by atoms with Gasteiger partial charge in [0.15, 0.2) is 8.32 Å². The van der Waals surface area contributed by atoms with E-state index in [4.69, 9.17) is 10.8 Å². The van der Waals surface area contributed by atoms with Crippen LogP contribution in [-0.2, 0) is 4.43 Å². The third kappa shape index (κ3) is 5.56. The standard InChI is InChI=1S/C15H28OSi/c1-9-11-13(3)12-14(10-2)16-17(7,8)15(4,5)6/h1,10,13-14H,2,11-12H2,3-8H3. The van der Waals surface area contributed by atoms with Crippen LogP contribution in [0, 0.1) is 18.3 Å². The molecule has 0 aromatic heterocycles. The number of rotatable bonds is 6. The van der Waals surface area contributed by atoms with Gasteiger partial charge in [0.25, 0.3) is 0 Å². The first-order chi connectivity index (χ1) is 7.64. The maximum absolute atomic E-state index is 6.32. The molecule has 0 spiro atoms. The van der Waals surface area contributed by atoms with E-state index in [0.717, 1.165) is 12.8 Å². The zero-order valence-corrected chi connectivity index (χ0v) is 13.3. The van der Waals surface area contributed by atoms with Crippen LogP contribution in [0.1, 0.15) is 40.5 Å². The maximum Gasteiger partial charge on any atom is 0.192 e. The summed E-state index contributed by atoms with van der Waals surface area (Å²) in [6.07, 6.45) is 9.18. The molecule has 0 bridgehead atoms. The molecule has 98 valence electrons. The van der Waals surface area contributed by atoms with Gasteiger partial charge in [-0.15, -0.1) is 18.9 Å². The van der Waals surface area contributed by atoms with Crippen LogP contribution in [0.4, 0.5) is 0 Å². The van der Waals surface area contributed by atoms with Gasteiger partial charge in [0.2, 0.25) is 0 Å². The van der Waals surface area contributed by atoms with E-state index in [1.165, 1.54) is 0 Å². The second-order valence-electron chi connectivity index (χ2n) is 6.40. The molecular weight excluding hydrogens is 224 g/mol. The lowest BCUT2D eigenvalue weighted by Gasteiger charge is -2.39. The first-order valence-electron chi connectivity index (χ1n) is 6.38. The molecule has 0 amide bonds. The van der Waals surface area contributed by atoms with Gasteiger partial charge in [-0.25, -0.2) is 0 Å². The van der Waals surface area contributed by atoms with Crippen molar-refractivity contribution in [1.82, 2.24) is 0 Å². The summed E-state index contributed by atoms with van der Waals surface area (Å²) < 4.78 is 6.32. The minimum absolute atomic E-state index is 0.138. The van der Waals surface area contributed by atoms with Crippen molar-refractivity contribution >= 4 is 8.32 Å². The molecule has 17 heavy (non-hydrogen) atoms. The quantitative estimate of drug-likeness (QED) is 0.381. The Balaban J connectivity index is 4.52. The van der Waals surface area contributed by atoms with Gasteiger partial charge in [0, 0.05) is 6.42 Å². The van der Waals surface area contributed by atoms with Crippen LogP contribution < -0.4 is 0 Å². The van der Waals surface area contributed by atoms with E-state index in [9.17, 15) is 0 Å². The van der Waals surface area contributed by atoms with Gasteiger partial charge in [0.05, 0.1) is 6.10 Å². The van der Waals surface area contributed by atoms with Crippen LogP contribution in [0.2, 0.25) is 18.1 Å². The fourth-order valence-corrected chi connectivity index (χ4v) is 2.73. The summed E-state index contributed by atoms with van der Waals surface area (Å²) >= 11 is 0. The second-order valence-corrected chi connectivity index (χ2v) is 11.2. The first kappa shape index (κ1) is 16.5. The van der Waals surface area contributed by atoms with E-state index < -0.39 is 8.32 Å². The fourth-order valence-electron chi connectivity index (χ4n) is 1.43. The Morgan fingerprint density at radius 3 is 2.29 bits per heavy atom. The van der Waals surface area contributed by atoms with Crippen molar-refractivity contribution < 1.29 is 4.43 Å². The second kappa shape index (κ2) is 6.42. The zero-order valence-electron chi connectivity index (χ0n) is 12.3. The molecule has 0 fully saturated rings. The Labute approximate surface area is 109 Å². The lowest BCUT2D eigenvalue weighted by atomic mass is 10.0. The molecule has 0 aliphatic rings. The lowest BCUT2D eigenvalue weighted by molar-refractivity contribution is 0.196. The molecule has 0 rings (SSSR count). The van der Waals surface area contributed by atoms with Crippen molar-refractivity contribution in [2.24, 2.45) is 5.92 Å². The van der Waals surface area contributed by atoms with Crippen molar-refractivity contribution in [3.05, 3.63) is 12.7 Å². The smallest absolute Gasteiger partial charge is 0.192 e. The van der Waals surface area contributed by atoms with E-state index >= 15 is 0 Å². The molecule has 2 unspecified atom stereocenters. The van der Waals surface area contributed by atoms with Crippen molar-refractivity contribution in [1.29, 1.82) is 0 Å². The van der Waals surface area contributed by atoms with Crippen molar-refractivity contribution in [3.8, 4) is 12.3 Å². The van der Waals surface area contributed by atoms with Crippen LogP contribution in [0.25, 0.3) is 0 Å². The summed E-state index contributed by atoms with van der Waals surface area (Å²) in [6.45, 7) is 17.4. The molecule has 0 saturated carbocycles. The van der Waals surface area contributed by atoms with Gasteiger partial charge >= 0.3 is 0 Å². The summed E-state index contributed by atoms with van der Waals surface area (Å²) in [5.74, 6) is 3.20. The van der Waals surface area contributed by atoms with Crippen LogP contribution >= 0.6 is 0 Å². The predicted molar refractivity (Wildman–Crippen MR) is 79.5 cm³/mol. The Kier molecular flexibility index (Phi) is 6.22. The first-order valence-corrected chi connectivity index (χ1v) is 9.28. The Bertz CT molecular complexity index is 280. The summed E-state index contributed by atoms with van der Waals surface area (Å²) in [6, 6.07) is 0. The van der Waals surface area contributed by atoms with E-state index in [-0.39, 0.29) is 11.1 Å². The van der Waals surface area contributed by atoms with Gasteiger partial charge in [-0.3, -0.25) is 0 Å². The van der Waals surface area contributed by atoms with Crippen LogP contribution in [0.15, 0.2) is 12.7 Å². The van der Waals surface area contributed by atoms with Gasteiger partial charge in [-0.1, -0.05) is 33.8 Å². The molecular formula is C15H28OSi. The molecule has 0 heterocycles. The Hall–Kier alpha value is -0.523. The molecule has 0 aromatic carbocycles. The highest BCUT2D eigenvalue weighted by molar-refractivity contribution is 6.74. The van der Waals surface area contributed by atoms with Gasteiger partial charge in [-0.2, -0.15) is 0 Å². The molecule has 0 aromatic rings. The highest BCUT2D eigenvalue weighted by Crippen LogP contribution is 2.38. The number of hydrogen-bond acceptors (Lipinski definition) is 1. The van der Waals surface area contributed by atoms with Crippen LogP contribution in [0.5, 0.6) is 0 Å². The maximum atomic E-state index is 6.32. The topological polar surface area (TPSA) is 9.23 Å². The number of hydrogen-bond donors (Lipinski definition) is 0. The summed E-state index contributed by atoms with van der Waals surface area (Å²) in [7, 11) is -1.70. The zero-order chi connectivity index (χ0) is 13.7. The largest absolute Gasteiger partial charge is 0.411 e. The van der Waals surface area contributed by atoms with Crippen LogP contribution in [0.3, 0.4) is 0 Å². The molecule has 2 heteroatoms. The average Bonchev–Trinajstić information content (AvgIpc) is 2.14. The van der Waals surface area contributed by atoms with Crippen molar-refractivity contribution in [2.45, 2.75) is 64.8 Å². The molecule has 0 aliphatic heterocycles. The minimum Gasteiger partial charge on any atom is -0.411 e. The fraction of sp³-hybridized carbons (Fsp3) is 0.733. The highest BCUT2D eigenvalue weighted by Gasteiger charge is 2.38. The van der Waals surface area contributed by atoms with E-state index in [2.05, 4.69) is 53.3 Å². The summed E-state index contributed by atoms with van der Waals surface area (Å²) in [5, 5.41) is 0.240. The van der Waals surface area contributed by atoms with E-state index in [1.54, 1.807) is 0 Å². The molecule has 1 nitrogen and oxygen atoms in total. The SMILES string of the molecule is C#CCC(C)CC(C=C)O[Si](C)(C)C(C)(C)C. The Morgan fingerprint density at radius 2 is 1.94 bits per heavy atom. The van der Waals surface area contributed by atoms with Gasteiger partial charge in [-0.05, 0) is 30.5 Å². The monoisotopic (exact) mass is 252 g/mol. The summed E-state index contributed by atoms with van der Waals surface area (Å²) in [5.41, 5.74) is 0. The van der Waals surface area contributed by atoms with E-state index in [1.807, 2.05) is 6.08 Å². The molecule has 0 radical (unpaired) electrons. The Morgan fingerprint density at radius 1 is 1.41 bits per heavy atom. The average molecular weight is 252 g/mol. The highest BCUT2D eigenvalue weighted by atomic mass is 28.4. The predicted octanol–water partition coefficient (Wildman–Crippen LogP) is 4.61. The normalized spacial score (nSPS) is 16.1. The van der Waals surface area contributed by atoms with Crippen molar-refractivity contribution in [3.63, 3.8) is 0 Å². The van der Waals surface area contributed by atoms with Crippen molar-refractivity contribution in [2.75, 3.05) is 0 Å². The lowest BCUT2D eigenvalue weighted by Crippen LogP contribution is -2.43. The van der Waals surface area contributed by atoms with E-state index in [0.29, 0.717) is 5.92 Å². The molecule has 0 aliphatic carbocycles. The van der Waals surface area contributed by atoms with Crippen LogP contribution in [-0.4, -0.2) is 14.4 Å². The third-order valence-electron chi connectivity index (χ3n) is 3.62. The molecule has 2 atom stereocenters. The minimum atomic E-state index is -1.70. The number of terminal acetylenes is 1. The van der Waals surface area contributed by atoms with Gasteiger partial charge in [0.1, 0.15) is 0 Å².